The number of carbonyl (C=O) groups excluding carboxylic acids is 1. The predicted molar refractivity (Wildman–Crippen MR) is 86.3 cm³/mol. The van der Waals surface area contributed by atoms with E-state index in [2.05, 4.69) is 9.97 Å². The molecule has 1 amide bonds. The molecular formula is C16H12N4O4. The average Bonchev–Trinajstić information content (AvgIpc) is 2.99. The topological polar surface area (TPSA) is 124 Å². The number of aromatic nitrogens is 2. The van der Waals surface area contributed by atoms with Gasteiger partial charge in [0.05, 0.1) is 10.6 Å². The van der Waals surface area contributed by atoms with Gasteiger partial charge in [-0.05, 0) is 12.1 Å². The number of pyridine rings is 1. The summed E-state index contributed by atoms with van der Waals surface area (Å²) in [5.41, 5.74) is 7.43. The third kappa shape index (κ3) is 3.07. The van der Waals surface area contributed by atoms with E-state index in [9.17, 15) is 14.9 Å². The van der Waals surface area contributed by atoms with E-state index in [1.807, 2.05) is 0 Å². The van der Waals surface area contributed by atoms with Crippen LogP contribution in [0, 0.1) is 10.1 Å². The molecule has 8 nitrogen and oxygen atoms in total. The summed E-state index contributed by atoms with van der Waals surface area (Å²) in [7, 11) is 0. The Bertz CT molecular complexity index is 905. The van der Waals surface area contributed by atoms with Crippen molar-refractivity contribution in [2.75, 3.05) is 0 Å². The van der Waals surface area contributed by atoms with Gasteiger partial charge < -0.3 is 15.5 Å². The number of aromatic amines is 1. The monoisotopic (exact) mass is 324 g/mol. The summed E-state index contributed by atoms with van der Waals surface area (Å²) in [5.74, 6) is 0.190. The van der Waals surface area contributed by atoms with Gasteiger partial charge >= 0.3 is 6.09 Å². The van der Waals surface area contributed by atoms with Crippen LogP contribution in [0.4, 0.5) is 10.5 Å². The Morgan fingerprint density at radius 3 is 2.58 bits per heavy atom. The fourth-order valence-corrected chi connectivity index (χ4v) is 2.30. The molecular weight excluding hydrogens is 312 g/mol. The van der Waals surface area contributed by atoms with Crippen molar-refractivity contribution in [1.82, 2.24) is 9.97 Å². The van der Waals surface area contributed by atoms with Crippen LogP contribution < -0.4 is 10.5 Å². The van der Waals surface area contributed by atoms with Gasteiger partial charge in [-0.1, -0.05) is 12.1 Å². The summed E-state index contributed by atoms with van der Waals surface area (Å²) in [4.78, 5) is 28.6. The summed E-state index contributed by atoms with van der Waals surface area (Å²) in [6, 6.07) is 11.1. The summed E-state index contributed by atoms with van der Waals surface area (Å²) in [6.45, 7) is 0. The fraction of sp³-hybridized carbons (Fsp3) is 0. The van der Waals surface area contributed by atoms with Crippen molar-refractivity contribution >= 4 is 11.8 Å². The predicted octanol–water partition coefficient (Wildman–Crippen LogP) is 3.11. The lowest BCUT2D eigenvalue weighted by molar-refractivity contribution is -0.384. The summed E-state index contributed by atoms with van der Waals surface area (Å²) < 4.78 is 5.02. The highest BCUT2D eigenvalue weighted by Gasteiger charge is 2.17. The Balaban J connectivity index is 2.12. The van der Waals surface area contributed by atoms with Crippen molar-refractivity contribution in [2.24, 2.45) is 5.73 Å². The van der Waals surface area contributed by atoms with Crippen LogP contribution in [0.5, 0.6) is 5.75 Å². The standard InChI is InChI=1S/C16H12N4O4/c17-16(21)24-14-9-13(10-4-6-18-7-5-10)19-15(14)11-2-1-3-12(8-11)20(22)23/h1-9,19H,(H2,17,21). The number of nitro groups is 1. The van der Waals surface area contributed by atoms with E-state index < -0.39 is 11.0 Å². The third-order valence-corrected chi connectivity index (χ3v) is 3.33. The van der Waals surface area contributed by atoms with Crippen molar-refractivity contribution in [1.29, 1.82) is 0 Å². The fourth-order valence-electron chi connectivity index (χ4n) is 2.30. The largest absolute Gasteiger partial charge is 0.410 e. The number of benzene rings is 1. The van der Waals surface area contributed by atoms with Crippen molar-refractivity contribution in [2.45, 2.75) is 0 Å². The Morgan fingerprint density at radius 1 is 1.17 bits per heavy atom. The first-order valence-electron chi connectivity index (χ1n) is 6.90. The van der Waals surface area contributed by atoms with Crippen LogP contribution >= 0.6 is 0 Å². The van der Waals surface area contributed by atoms with Crippen LogP contribution in [0.1, 0.15) is 0 Å². The Morgan fingerprint density at radius 2 is 1.92 bits per heavy atom. The molecule has 0 bridgehead atoms. The van der Waals surface area contributed by atoms with Crippen LogP contribution in [0.15, 0.2) is 54.9 Å². The molecule has 0 spiro atoms. The van der Waals surface area contributed by atoms with Crippen LogP contribution in [0.2, 0.25) is 0 Å². The van der Waals surface area contributed by atoms with Gasteiger partial charge in [-0.15, -0.1) is 0 Å². The molecule has 2 aromatic heterocycles. The maximum absolute atomic E-state index is 11.1. The van der Waals surface area contributed by atoms with Gasteiger partial charge in [-0.3, -0.25) is 15.1 Å². The summed E-state index contributed by atoms with van der Waals surface area (Å²) in [5, 5.41) is 11.0. The SMILES string of the molecule is NC(=O)Oc1cc(-c2ccncc2)[nH]c1-c1cccc([N+](=O)[O-])c1. The highest BCUT2D eigenvalue weighted by Crippen LogP contribution is 2.35. The third-order valence-electron chi connectivity index (χ3n) is 3.33. The Hall–Kier alpha value is -3.68. The molecule has 0 radical (unpaired) electrons. The molecule has 0 fully saturated rings. The second-order valence-corrected chi connectivity index (χ2v) is 4.89. The molecule has 0 atom stereocenters. The zero-order valence-corrected chi connectivity index (χ0v) is 12.3. The van der Waals surface area contributed by atoms with E-state index >= 15 is 0 Å². The molecule has 0 aliphatic heterocycles. The lowest BCUT2D eigenvalue weighted by atomic mass is 10.1. The van der Waals surface area contributed by atoms with Gasteiger partial charge in [0.2, 0.25) is 0 Å². The van der Waals surface area contributed by atoms with Crippen molar-refractivity contribution in [3.63, 3.8) is 0 Å². The van der Waals surface area contributed by atoms with Crippen molar-refractivity contribution in [3.8, 4) is 28.3 Å². The number of nitrogens with zero attached hydrogens (tertiary/aromatic N) is 2. The van der Waals surface area contributed by atoms with Crippen molar-refractivity contribution < 1.29 is 14.5 Å². The molecule has 3 aromatic rings. The number of H-pyrrole nitrogens is 1. The van der Waals surface area contributed by atoms with Crippen LogP contribution in [0.3, 0.4) is 0 Å². The van der Waals surface area contributed by atoms with E-state index in [0.717, 1.165) is 5.56 Å². The first-order valence-corrected chi connectivity index (χ1v) is 6.90. The maximum Gasteiger partial charge on any atom is 0.410 e. The molecule has 2 heterocycles. The number of hydrogen-bond donors (Lipinski definition) is 2. The van der Waals surface area contributed by atoms with Gasteiger partial charge in [0, 0.05) is 47.4 Å². The molecule has 1 aromatic carbocycles. The first-order chi connectivity index (χ1) is 11.5. The zero-order valence-electron chi connectivity index (χ0n) is 12.3. The molecule has 0 saturated heterocycles. The number of primary amides is 1. The molecule has 0 aliphatic carbocycles. The van der Waals surface area contributed by atoms with E-state index in [0.29, 0.717) is 17.0 Å². The van der Waals surface area contributed by atoms with Gasteiger partial charge in [-0.2, -0.15) is 0 Å². The minimum Gasteiger partial charge on any atom is -0.408 e. The number of ether oxygens (including phenoxy) is 1. The number of nitrogens with one attached hydrogen (secondary N) is 1. The second-order valence-electron chi connectivity index (χ2n) is 4.89. The van der Waals surface area contributed by atoms with Gasteiger partial charge in [0.25, 0.3) is 5.69 Å². The maximum atomic E-state index is 11.1. The van der Waals surface area contributed by atoms with E-state index in [-0.39, 0.29) is 11.4 Å². The first kappa shape index (κ1) is 15.2. The minimum absolute atomic E-state index is 0.0717. The lowest BCUT2D eigenvalue weighted by Gasteiger charge is -2.03. The molecule has 120 valence electrons. The van der Waals surface area contributed by atoms with Crippen LogP contribution in [-0.2, 0) is 0 Å². The number of hydrogen-bond acceptors (Lipinski definition) is 5. The number of nitro benzene ring substituents is 1. The van der Waals surface area contributed by atoms with Crippen LogP contribution in [0.25, 0.3) is 22.5 Å². The zero-order chi connectivity index (χ0) is 17.1. The normalized spacial score (nSPS) is 10.3. The highest BCUT2D eigenvalue weighted by atomic mass is 16.6. The van der Waals surface area contributed by atoms with Gasteiger partial charge in [0.15, 0.2) is 5.75 Å². The number of amides is 1. The quantitative estimate of drug-likeness (QED) is 0.563. The molecule has 3 N–H and O–H groups in total. The summed E-state index contributed by atoms with van der Waals surface area (Å²) in [6.07, 6.45) is 2.28. The van der Waals surface area contributed by atoms with E-state index in [1.165, 1.54) is 12.1 Å². The Kier molecular flexibility index (Phi) is 3.94. The molecule has 0 saturated carbocycles. The van der Waals surface area contributed by atoms with Crippen LogP contribution in [-0.4, -0.2) is 21.0 Å². The van der Waals surface area contributed by atoms with Gasteiger partial charge in [-0.25, -0.2) is 4.79 Å². The number of nitrogens with two attached hydrogens (primary N) is 1. The highest BCUT2D eigenvalue weighted by molar-refractivity contribution is 5.79. The lowest BCUT2D eigenvalue weighted by Crippen LogP contribution is -2.16. The average molecular weight is 324 g/mol. The molecule has 3 rings (SSSR count). The van der Waals surface area contributed by atoms with E-state index in [1.54, 1.807) is 42.7 Å². The summed E-state index contributed by atoms with van der Waals surface area (Å²) >= 11 is 0. The number of non-ortho nitro benzene ring substituents is 1. The second kappa shape index (κ2) is 6.21. The molecule has 0 aliphatic rings. The minimum atomic E-state index is -0.970. The number of rotatable bonds is 4. The molecule has 24 heavy (non-hydrogen) atoms. The van der Waals surface area contributed by atoms with E-state index in [4.69, 9.17) is 10.5 Å². The molecule has 8 heteroatoms. The van der Waals surface area contributed by atoms with Crippen molar-refractivity contribution in [3.05, 3.63) is 65.0 Å². The Labute approximate surface area is 136 Å². The van der Waals surface area contributed by atoms with Gasteiger partial charge in [0.1, 0.15) is 0 Å². The molecule has 0 unspecified atom stereocenters. The smallest absolute Gasteiger partial charge is 0.408 e. The number of carbonyl (C=O) groups is 1.